The quantitative estimate of drug-likeness (QED) is 0.163. The van der Waals surface area contributed by atoms with Crippen LogP contribution in [0.1, 0.15) is 0 Å². The lowest BCUT2D eigenvalue weighted by molar-refractivity contribution is 0.668. The van der Waals surface area contributed by atoms with Gasteiger partial charge in [0.1, 0.15) is 11.2 Å². The Morgan fingerprint density at radius 2 is 0.935 bits per heavy atom. The Balaban J connectivity index is 1.12. The second-order valence-electron chi connectivity index (χ2n) is 16.0. The summed E-state index contributed by atoms with van der Waals surface area (Å²) in [6, 6.07) is 72.8. The Hall–Kier alpha value is -8.41. The van der Waals surface area contributed by atoms with E-state index in [1.807, 2.05) is 18.2 Å². The summed E-state index contributed by atoms with van der Waals surface area (Å²) in [6.45, 7) is 0. The summed E-state index contributed by atoms with van der Waals surface area (Å²) in [7, 11) is 0. The molecule has 13 aromatic rings. The molecule has 0 aliphatic carbocycles. The molecule has 3 aromatic heterocycles. The molecule has 0 bridgehead atoms. The van der Waals surface area contributed by atoms with Gasteiger partial charge in [-0.1, -0.05) is 158 Å². The summed E-state index contributed by atoms with van der Waals surface area (Å²) in [4.78, 5) is 16.1. The number of rotatable bonds is 5. The van der Waals surface area contributed by atoms with E-state index >= 15 is 0 Å². The Morgan fingerprint density at radius 1 is 0.306 bits per heavy atom. The smallest absolute Gasteiger partial charge is 0.166 e. The number of nitrogens with zero attached hydrogens (tertiary/aromatic N) is 4. The van der Waals surface area contributed by atoms with Crippen LogP contribution >= 0.6 is 0 Å². The molecular weight excluding hydrogens is 757 g/mol. The number of hydrogen-bond donors (Lipinski definition) is 0. The molecule has 13 rings (SSSR count). The Bertz CT molecular complexity index is 3940. The van der Waals surface area contributed by atoms with Crippen LogP contribution in [0.5, 0.6) is 0 Å². The fourth-order valence-electron chi connectivity index (χ4n) is 9.41. The molecule has 0 aliphatic heterocycles. The van der Waals surface area contributed by atoms with E-state index in [0.717, 1.165) is 71.9 Å². The Labute approximate surface area is 355 Å². The maximum absolute atomic E-state index is 6.62. The highest BCUT2D eigenvalue weighted by molar-refractivity contribution is 6.15. The topological polar surface area (TPSA) is 56.7 Å². The summed E-state index contributed by atoms with van der Waals surface area (Å²) in [6.07, 6.45) is 0. The molecule has 0 radical (unpaired) electrons. The molecule has 5 nitrogen and oxygen atoms in total. The lowest BCUT2D eigenvalue weighted by Crippen LogP contribution is -2.04. The van der Waals surface area contributed by atoms with Crippen molar-refractivity contribution < 1.29 is 4.42 Å². The second kappa shape index (κ2) is 13.6. The van der Waals surface area contributed by atoms with Gasteiger partial charge < -0.3 is 8.98 Å². The van der Waals surface area contributed by atoms with Crippen molar-refractivity contribution >= 4 is 76.1 Å². The first-order valence-corrected chi connectivity index (χ1v) is 20.9. The molecule has 0 saturated carbocycles. The van der Waals surface area contributed by atoms with Crippen LogP contribution in [0.2, 0.25) is 0 Å². The number of furan rings is 1. The van der Waals surface area contributed by atoms with Gasteiger partial charge in [-0.25, -0.2) is 15.0 Å². The first-order valence-electron chi connectivity index (χ1n) is 20.9. The van der Waals surface area contributed by atoms with Gasteiger partial charge in [0.2, 0.25) is 0 Å². The van der Waals surface area contributed by atoms with Crippen molar-refractivity contribution in [3.05, 3.63) is 206 Å². The summed E-state index contributed by atoms with van der Waals surface area (Å²) in [5.41, 5.74) is 9.63. The molecule has 3 heterocycles. The summed E-state index contributed by atoms with van der Waals surface area (Å²) in [5.74, 6) is 1.77. The number of benzene rings is 10. The van der Waals surface area contributed by atoms with Crippen LogP contribution in [0.3, 0.4) is 0 Å². The lowest BCUT2D eigenvalue weighted by Gasteiger charge is -2.15. The Morgan fingerprint density at radius 3 is 1.79 bits per heavy atom. The van der Waals surface area contributed by atoms with Gasteiger partial charge in [0, 0.05) is 44.3 Å². The number of fused-ring (bicyclic) bond motifs is 10. The fourth-order valence-corrected chi connectivity index (χ4v) is 9.41. The fraction of sp³-hybridized carbons (Fsp3) is 0. The van der Waals surface area contributed by atoms with E-state index < -0.39 is 0 Å². The average molecular weight is 791 g/mol. The van der Waals surface area contributed by atoms with Crippen molar-refractivity contribution in [1.82, 2.24) is 19.5 Å². The van der Waals surface area contributed by atoms with Crippen molar-refractivity contribution in [3.8, 4) is 51.0 Å². The predicted molar refractivity (Wildman–Crippen MR) is 256 cm³/mol. The van der Waals surface area contributed by atoms with Crippen molar-refractivity contribution in [2.75, 3.05) is 0 Å². The highest BCUT2D eigenvalue weighted by atomic mass is 16.3. The molecule has 0 N–H and O–H groups in total. The number of aromatic nitrogens is 4. The molecule has 0 saturated heterocycles. The minimum absolute atomic E-state index is 0.572. The first-order chi connectivity index (χ1) is 30.7. The summed E-state index contributed by atoms with van der Waals surface area (Å²) >= 11 is 0. The predicted octanol–water partition coefficient (Wildman–Crippen LogP) is 15.0. The van der Waals surface area contributed by atoms with Crippen LogP contribution in [0.4, 0.5) is 0 Å². The molecule has 0 aliphatic rings. The normalized spacial score (nSPS) is 11.9. The van der Waals surface area contributed by atoms with E-state index in [9.17, 15) is 0 Å². The van der Waals surface area contributed by atoms with E-state index in [2.05, 4.69) is 193 Å². The van der Waals surface area contributed by atoms with Crippen molar-refractivity contribution in [3.63, 3.8) is 0 Å². The minimum Gasteiger partial charge on any atom is -0.456 e. The van der Waals surface area contributed by atoms with Gasteiger partial charge in [-0.05, 0) is 85.9 Å². The van der Waals surface area contributed by atoms with Crippen LogP contribution in [0.15, 0.2) is 211 Å². The maximum atomic E-state index is 6.62. The van der Waals surface area contributed by atoms with Crippen molar-refractivity contribution in [1.29, 1.82) is 0 Å². The minimum atomic E-state index is 0.572. The van der Waals surface area contributed by atoms with Gasteiger partial charge in [-0.2, -0.15) is 0 Å². The van der Waals surface area contributed by atoms with Crippen LogP contribution in [-0.2, 0) is 0 Å². The van der Waals surface area contributed by atoms with Gasteiger partial charge >= 0.3 is 0 Å². The second-order valence-corrected chi connectivity index (χ2v) is 16.0. The third kappa shape index (κ3) is 5.45. The third-order valence-electron chi connectivity index (χ3n) is 12.4. The molecule has 0 fully saturated rings. The highest BCUT2D eigenvalue weighted by Gasteiger charge is 2.23. The SMILES string of the molecule is c1ccc(-c2cccc(-c3nc(-c4ccc5c(ccc6ccccc65)c4)nc(-c4cc5c(cc4-n4c6ccccc6c6cc7ccccc7cc64)oc4ccccc45)n3)c2)cc1. The number of hydrogen-bond acceptors (Lipinski definition) is 4. The van der Waals surface area contributed by atoms with E-state index in [-0.39, 0.29) is 0 Å². The van der Waals surface area contributed by atoms with Gasteiger partial charge in [-0.15, -0.1) is 0 Å². The van der Waals surface area contributed by atoms with Crippen LogP contribution in [0.25, 0.3) is 127 Å². The average Bonchev–Trinajstić information content (AvgIpc) is 3.87. The van der Waals surface area contributed by atoms with Crippen LogP contribution in [-0.4, -0.2) is 19.5 Å². The monoisotopic (exact) mass is 790 g/mol. The molecule has 0 unspecified atom stereocenters. The largest absolute Gasteiger partial charge is 0.456 e. The zero-order valence-electron chi connectivity index (χ0n) is 33.3. The highest BCUT2D eigenvalue weighted by Crippen LogP contribution is 2.42. The molecule has 5 heteroatoms. The maximum Gasteiger partial charge on any atom is 0.166 e. The van der Waals surface area contributed by atoms with E-state index in [1.54, 1.807) is 0 Å². The van der Waals surface area contributed by atoms with Crippen LogP contribution in [0, 0.1) is 0 Å². The molecule has 0 spiro atoms. The first kappa shape index (κ1) is 34.5. The van der Waals surface area contributed by atoms with Gasteiger partial charge in [-0.3, -0.25) is 0 Å². The molecule has 10 aromatic carbocycles. The van der Waals surface area contributed by atoms with Crippen molar-refractivity contribution in [2.24, 2.45) is 0 Å². The summed E-state index contributed by atoms with van der Waals surface area (Å²) in [5, 5.41) is 11.5. The zero-order chi connectivity index (χ0) is 40.7. The van der Waals surface area contributed by atoms with E-state index in [0.29, 0.717) is 17.5 Å². The molecule has 0 amide bonds. The van der Waals surface area contributed by atoms with E-state index in [1.165, 1.54) is 37.7 Å². The van der Waals surface area contributed by atoms with Crippen molar-refractivity contribution in [2.45, 2.75) is 0 Å². The number of para-hydroxylation sites is 2. The molecule has 62 heavy (non-hydrogen) atoms. The van der Waals surface area contributed by atoms with Gasteiger partial charge in [0.25, 0.3) is 0 Å². The molecule has 0 atom stereocenters. The molecular formula is C57H34N4O. The van der Waals surface area contributed by atoms with Gasteiger partial charge in [0.05, 0.1) is 16.7 Å². The van der Waals surface area contributed by atoms with Gasteiger partial charge in [0.15, 0.2) is 17.5 Å². The summed E-state index contributed by atoms with van der Waals surface area (Å²) < 4.78 is 8.98. The van der Waals surface area contributed by atoms with E-state index in [4.69, 9.17) is 19.4 Å². The third-order valence-corrected chi connectivity index (χ3v) is 12.4. The standard InChI is InChI=1S/C57H34N4O/c1-2-13-35(14-3-1)37-18-12-19-41(29-37)55-58-56(42-27-28-44-40(30-42)26-25-36-15-6-7-20-43(36)44)60-57(59-55)49-33-48-46-22-9-11-24-53(46)62-54(48)34-52(49)61-50-23-10-8-21-45(50)47-31-38-16-4-5-17-39(38)32-51(47)61/h1-34H. The lowest BCUT2D eigenvalue weighted by atomic mass is 10.00. The molecule has 288 valence electrons. The van der Waals surface area contributed by atoms with Crippen LogP contribution < -0.4 is 0 Å². The zero-order valence-corrected chi connectivity index (χ0v) is 33.3. The Kier molecular flexibility index (Phi) is 7.54.